The molecule has 0 saturated heterocycles. The summed E-state index contributed by atoms with van der Waals surface area (Å²) in [6.45, 7) is 0. The summed E-state index contributed by atoms with van der Waals surface area (Å²) in [6.07, 6.45) is -1.10. The van der Waals surface area contributed by atoms with E-state index in [9.17, 15) is 48.6 Å². The molecule has 41 heavy (non-hydrogen) atoms. The Morgan fingerprint density at radius 1 is 0.439 bits per heavy atom. The molecule has 0 rings (SSSR count). The van der Waals surface area contributed by atoms with Gasteiger partial charge in [-0.25, -0.2) is 0 Å². The van der Waals surface area contributed by atoms with Gasteiger partial charge in [0.1, 0.15) is 12.1 Å². The maximum atomic E-state index is 9.99. The van der Waals surface area contributed by atoms with Gasteiger partial charge in [-0.05, 0) is 25.7 Å². The van der Waals surface area contributed by atoms with Gasteiger partial charge in [-0.15, -0.1) is 0 Å². The van der Waals surface area contributed by atoms with Crippen LogP contribution in [0.25, 0.3) is 0 Å². The normalized spacial score (nSPS) is 12.2. The third kappa shape index (κ3) is 41.5. The van der Waals surface area contributed by atoms with Crippen LogP contribution < -0.4 is 33.1 Å². The Kier molecular flexibility index (Phi) is 33.0. The average molecular weight is 627 g/mol. The van der Waals surface area contributed by atoms with Gasteiger partial charge in [0.2, 0.25) is 0 Å². The van der Waals surface area contributed by atoms with Crippen LogP contribution in [0.15, 0.2) is 0 Å². The molecule has 0 unspecified atom stereocenters. The van der Waals surface area contributed by atoms with Crippen molar-refractivity contribution in [3.63, 3.8) is 0 Å². The summed E-state index contributed by atoms with van der Waals surface area (Å²) in [5, 5.41) is 68.5. The maximum Gasteiger partial charge on any atom is 2.00 e. The first-order valence-corrected chi connectivity index (χ1v) is 10.9. The van der Waals surface area contributed by atoms with Crippen LogP contribution in [0.2, 0.25) is 0 Å². The molecule has 0 aliphatic carbocycles. The first-order chi connectivity index (χ1) is 18.1. The number of carbonyl (C=O) groups excluding carboxylic acids is 2. The molecule has 0 amide bonds. The molecule has 0 saturated carbocycles. The van der Waals surface area contributed by atoms with Crippen LogP contribution in [0.1, 0.15) is 51.4 Å². The third-order valence-corrected chi connectivity index (χ3v) is 3.92. The smallest absolute Gasteiger partial charge is 0.548 e. The molecule has 14 N–H and O–H groups in total. The number of hydrogen-bond acceptors (Lipinski definition) is 14. The molecule has 21 heteroatoms. The Bertz CT molecular complexity index is 721. The zero-order chi connectivity index (χ0) is 32.6. The van der Waals surface area contributed by atoms with Gasteiger partial charge in [0.05, 0.1) is 11.9 Å². The van der Waals surface area contributed by atoms with Gasteiger partial charge in [0, 0.05) is 37.8 Å². The summed E-state index contributed by atoms with van der Waals surface area (Å²) in [5.74, 6) is -9.34. The minimum Gasteiger partial charge on any atom is -0.548 e. The second-order valence-electron chi connectivity index (χ2n) is 7.47. The van der Waals surface area contributed by atoms with Gasteiger partial charge in [-0.1, -0.05) is 0 Å². The second-order valence-corrected chi connectivity index (χ2v) is 7.47. The Hall–Kier alpha value is -3.14. The van der Waals surface area contributed by atoms with E-state index < -0.39 is 71.9 Å². The van der Waals surface area contributed by atoms with E-state index in [-0.39, 0.29) is 89.1 Å². The summed E-state index contributed by atoms with van der Waals surface area (Å²) in [4.78, 5) is 79.2. The van der Waals surface area contributed by atoms with Crippen LogP contribution in [-0.2, 0) is 38.4 Å². The number of carboxylic acids is 8. The van der Waals surface area contributed by atoms with Crippen LogP contribution in [0.3, 0.4) is 0 Å². The van der Waals surface area contributed by atoms with E-state index in [1.54, 1.807) is 0 Å². The predicted molar refractivity (Wildman–Crippen MR) is 130 cm³/mol. The fourth-order valence-electron chi connectivity index (χ4n) is 1.60. The number of aliphatic carboxylic acids is 8. The van der Waals surface area contributed by atoms with Crippen molar-refractivity contribution in [2.75, 3.05) is 0 Å². The monoisotopic (exact) mass is 626 g/mol. The van der Waals surface area contributed by atoms with Crippen LogP contribution in [0.5, 0.6) is 0 Å². The molecule has 0 fully saturated rings. The Labute approximate surface area is 262 Å². The van der Waals surface area contributed by atoms with Crippen molar-refractivity contribution >= 4 is 85.5 Å². The quantitative estimate of drug-likeness (QED) is 0.0712. The van der Waals surface area contributed by atoms with E-state index >= 15 is 0 Å². The van der Waals surface area contributed by atoms with E-state index in [0.29, 0.717) is 0 Å². The van der Waals surface area contributed by atoms with Crippen LogP contribution >= 0.6 is 0 Å². The average Bonchev–Trinajstić information content (AvgIpc) is 2.83. The van der Waals surface area contributed by atoms with Crippen molar-refractivity contribution in [2.24, 2.45) is 22.9 Å². The molecule has 0 aromatic carbocycles. The van der Waals surface area contributed by atoms with Gasteiger partial charge in [0.15, 0.2) is 0 Å². The molecule has 0 heterocycles. The topological polar surface area (TPSA) is 408 Å². The summed E-state index contributed by atoms with van der Waals surface area (Å²) in [5.41, 5.74) is 19.9. The fraction of sp³-hybridized carbons (Fsp3) is 0.600. The van der Waals surface area contributed by atoms with E-state index in [0.717, 1.165) is 0 Å². The van der Waals surface area contributed by atoms with Crippen molar-refractivity contribution in [1.29, 1.82) is 0 Å². The van der Waals surface area contributed by atoms with Crippen molar-refractivity contribution in [3.8, 4) is 0 Å². The molecule has 0 aliphatic heterocycles. The summed E-state index contributed by atoms with van der Waals surface area (Å²) >= 11 is 0. The van der Waals surface area contributed by atoms with E-state index in [2.05, 4.69) is 0 Å². The maximum absolute atomic E-state index is 9.99. The Morgan fingerprint density at radius 2 is 0.610 bits per heavy atom. The molecule has 4 atom stereocenters. The molecule has 0 bridgehead atoms. The second kappa shape index (κ2) is 28.4. The first-order valence-electron chi connectivity index (χ1n) is 10.9. The summed E-state index contributed by atoms with van der Waals surface area (Å²) in [6, 6.07) is -4.46. The third-order valence-electron chi connectivity index (χ3n) is 3.92. The molecule has 0 aromatic heterocycles. The number of hydrogen-bond donors (Lipinski definition) is 10. The minimum absolute atomic E-state index is 0. The van der Waals surface area contributed by atoms with E-state index in [4.69, 9.17) is 53.6 Å². The molecule has 0 aromatic rings. The van der Waals surface area contributed by atoms with Crippen LogP contribution in [0.4, 0.5) is 0 Å². The van der Waals surface area contributed by atoms with Gasteiger partial charge in [-0.3, -0.25) is 28.8 Å². The summed E-state index contributed by atoms with van der Waals surface area (Å²) < 4.78 is 0. The van der Waals surface area contributed by atoms with Gasteiger partial charge < -0.3 is 73.4 Å². The van der Waals surface area contributed by atoms with Gasteiger partial charge in [0.25, 0.3) is 0 Å². The molecule has 20 nitrogen and oxygen atoms in total. The molecule has 232 valence electrons. The number of carboxylic acid groups (broad SMARTS) is 8. The van der Waals surface area contributed by atoms with Gasteiger partial charge >= 0.3 is 73.6 Å². The number of rotatable bonds is 16. The van der Waals surface area contributed by atoms with Crippen LogP contribution in [0, 0.1) is 0 Å². The number of carbonyl (C=O) groups is 8. The zero-order valence-electron chi connectivity index (χ0n) is 21.7. The number of nitrogens with two attached hydrogens (primary N) is 4. The van der Waals surface area contributed by atoms with Crippen molar-refractivity contribution in [2.45, 2.75) is 75.5 Å². The van der Waals surface area contributed by atoms with Crippen LogP contribution in [-0.4, -0.2) is 140 Å². The zero-order valence-corrected chi connectivity index (χ0v) is 24.0. The van der Waals surface area contributed by atoms with E-state index in [1.807, 2.05) is 0 Å². The standard InChI is InChI=1S/4C5H9NO4.Ca/c4*6-3(5(9)10)1-2-4(7)8;/h4*3H,1-2,6H2,(H,7,8)(H,9,10);/q;;;;+2/p-2/t4*3-;/m0000./s1. The SMILES string of the molecule is N[C@@H](CCC(=O)O)C(=O)O.N[C@@H](CCC(=O)O)C(=O)O.N[C@@H](CCC(=O)O)C(=O)[O-].N[C@@H](CCC(=O)O)C(=O)[O-].[Ca+2]. The predicted octanol–water partition coefficient (Wildman–Crippen LogP) is -6.00. The van der Waals surface area contributed by atoms with Crippen molar-refractivity contribution < 1.29 is 79.2 Å². The fourth-order valence-corrected chi connectivity index (χ4v) is 1.60. The Morgan fingerprint density at radius 3 is 0.732 bits per heavy atom. The minimum atomic E-state index is -1.42. The molecular formula is C20H34CaN4O16. The Balaban J connectivity index is -0.000000139. The van der Waals surface area contributed by atoms with Gasteiger partial charge in [-0.2, -0.15) is 0 Å². The molecule has 0 aliphatic rings. The largest absolute Gasteiger partial charge is 2.00 e. The first kappa shape index (κ1) is 47.6. The molecule has 0 radical (unpaired) electrons. The van der Waals surface area contributed by atoms with Crippen molar-refractivity contribution in [3.05, 3.63) is 0 Å². The van der Waals surface area contributed by atoms with E-state index in [1.165, 1.54) is 0 Å². The summed E-state index contributed by atoms with van der Waals surface area (Å²) in [7, 11) is 0. The molecule has 0 spiro atoms. The van der Waals surface area contributed by atoms with Crippen molar-refractivity contribution in [1.82, 2.24) is 0 Å². The molecular weight excluding hydrogens is 592 g/mol.